The van der Waals surface area contributed by atoms with Crippen LogP contribution >= 0.6 is 0 Å². The van der Waals surface area contributed by atoms with E-state index in [4.69, 9.17) is 0 Å². The van der Waals surface area contributed by atoms with Gasteiger partial charge in [-0.2, -0.15) is 0 Å². The molecule has 0 bridgehead atoms. The predicted octanol–water partition coefficient (Wildman–Crippen LogP) is 15.5. The van der Waals surface area contributed by atoms with Gasteiger partial charge in [-0.25, -0.2) is 0 Å². The summed E-state index contributed by atoms with van der Waals surface area (Å²) in [5.41, 5.74) is 21.7. The molecule has 10 aromatic rings. The molecule has 0 saturated carbocycles. The van der Waals surface area contributed by atoms with Crippen LogP contribution in [0.5, 0.6) is 0 Å². The Morgan fingerprint density at radius 3 is 1.68 bits per heavy atom. The van der Waals surface area contributed by atoms with Crippen molar-refractivity contribution in [2.24, 2.45) is 0 Å². The molecular formula is C60H42. The zero-order valence-corrected chi connectivity index (χ0v) is 33.9. The third-order valence-corrected chi connectivity index (χ3v) is 14.7. The summed E-state index contributed by atoms with van der Waals surface area (Å²) >= 11 is 0. The van der Waals surface area contributed by atoms with Gasteiger partial charge in [0.05, 0.1) is 0 Å². The van der Waals surface area contributed by atoms with Gasteiger partial charge in [-0.05, 0) is 146 Å². The SMILES string of the molecule is CC1(C)c2ccccc2-c2c(-c3c4ccccc4c(-c4ccc5c(c4)-c4ccccc4C54Cc5ccccc5C4)c4ccc(-c5cccc6ccccc56)cc34)cccc21. The highest BCUT2D eigenvalue weighted by Gasteiger charge is 2.47. The molecule has 0 N–H and O–H groups in total. The van der Waals surface area contributed by atoms with Gasteiger partial charge in [0.1, 0.15) is 0 Å². The molecule has 0 amide bonds. The summed E-state index contributed by atoms with van der Waals surface area (Å²) in [7, 11) is 0. The zero-order valence-electron chi connectivity index (χ0n) is 33.9. The Morgan fingerprint density at radius 1 is 0.317 bits per heavy atom. The fourth-order valence-electron chi connectivity index (χ4n) is 12.0. The van der Waals surface area contributed by atoms with Crippen LogP contribution in [0.2, 0.25) is 0 Å². The lowest BCUT2D eigenvalue weighted by molar-refractivity contribution is 0.563. The molecule has 3 aliphatic rings. The van der Waals surface area contributed by atoms with Crippen molar-refractivity contribution in [1.82, 2.24) is 0 Å². The maximum atomic E-state index is 2.53. The van der Waals surface area contributed by atoms with Gasteiger partial charge >= 0.3 is 0 Å². The maximum Gasteiger partial charge on any atom is 0.0295 e. The fraction of sp³-hybridized carbons (Fsp3) is 0.100. The van der Waals surface area contributed by atoms with Crippen molar-refractivity contribution in [3.63, 3.8) is 0 Å². The summed E-state index contributed by atoms with van der Waals surface area (Å²) in [6.07, 6.45) is 2.09. The van der Waals surface area contributed by atoms with Crippen molar-refractivity contribution < 1.29 is 0 Å². The smallest absolute Gasteiger partial charge is 0.0295 e. The molecule has 0 fully saturated rings. The van der Waals surface area contributed by atoms with Gasteiger partial charge in [-0.15, -0.1) is 0 Å². The largest absolute Gasteiger partial charge is 0.0620 e. The molecule has 0 aliphatic heterocycles. The van der Waals surface area contributed by atoms with Crippen molar-refractivity contribution in [2.75, 3.05) is 0 Å². The molecule has 0 aromatic heterocycles. The van der Waals surface area contributed by atoms with E-state index in [1.165, 1.54) is 121 Å². The molecule has 0 atom stereocenters. The minimum Gasteiger partial charge on any atom is -0.0620 e. The average Bonchev–Trinajstić information content (AvgIpc) is 3.90. The summed E-state index contributed by atoms with van der Waals surface area (Å²) in [6.45, 7) is 4.78. The molecule has 13 rings (SSSR count). The highest BCUT2D eigenvalue weighted by Crippen LogP contribution is 2.58. The molecule has 0 radical (unpaired) electrons. The number of fused-ring (bicyclic) bond motifs is 12. The Balaban J connectivity index is 1.12. The van der Waals surface area contributed by atoms with Crippen LogP contribution in [0.15, 0.2) is 194 Å². The highest BCUT2D eigenvalue weighted by atomic mass is 14.5. The maximum absolute atomic E-state index is 2.53. The molecule has 0 nitrogen and oxygen atoms in total. The molecule has 3 aliphatic carbocycles. The molecule has 1 spiro atoms. The van der Waals surface area contributed by atoms with E-state index in [9.17, 15) is 0 Å². The van der Waals surface area contributed by atoms with Crippen molar-refractivity contribution >= 4 is 32.3 Å². The Morgan fingerprint density at radius 2 is 0.867 bits per heavy atom. The molecule has 0 unspecified atom stereocenters. The molecule has 0 saturated heterocycles. The van der Waals surface area contributed by atoms with Gasteiger partial charge in [0, 0.05) is 10.8 Å². The first-order chi connectivity index (χ1) is 29.5. The third kappa shape index (κ3) is 4.51. The van der Waals surface area contributed by atoms with E-state index in [0.29, 0.717) is 0 Å². The normalized spacial score (nSPS) is 15.0. The highest BCUT2D eigenvalue weighted by molar-refractivity contribution is 6.23. The number of rotatable bonds is 3. The number of benzene rings is 10. The molecule has 0 heterocycles. The van der Waals surface area contributed by atoms with Crippen LogP contribution in [-0.4, -0.2) is 0 Å². The Bertz CT molecular complexity index is 3440. The zero-order chi connectivity index (χ0) is 39.7. The van der Waals surface area contributed by atoms with Crippen LogP contribution < -0.4 is 0 Å². The molecule has 60 heavy (non-hydrogen) atoms. The quantitative estimate of drug-likeness (QED) is 0.157. The Kier molecular flexibility index (Phi) is 6.93. The first-order valence-electron chi connectivity index (χ1n) is 21.5. The van der Waals surface area contributed by atoms with E-state index in [1.807, 2.05) is 0 Å². The fourth-order valence-corrected chi connectivity index (χ4v) is 12.0. The summed E-state index contributed by atoms with van der Waals surface area (Å²) < 4.78 is 0. The minimum absolute atomic E-state index is 0.0345. The topological polar surface area (TPSA) is 0 Å². The van der Waals surface area contributed by atoms with Gasteiger partial charge in [0.2, 0.25) is 0 Å². The van der Waals surface area contributed by atoms with E-state index in [2.05, 4.69) is 208 Å². The molecule has 0 heteroatoms. The van der Waals surface area contributed by atoms with Crippen LogP contribution in [0, 0.1) is 0 Å². The van der Waals surface area contributed by atoms with Crippen LogP contribution in [0.3, 0.4) is 0 Å². The lowest BCUT2D eigenvalue weighted by Crippen LogP contribution is -2.25. The molecule has 282 valence electrons. The van der Waals surface area contributed by atoms with Crippen molar-refractivity contribution in [3.8, 4) is 55.6 Å². The first-order valence-corrected chi connectivity index (χ1v) is 21.5. The average molecular weight is 763 g/mol. The third-order valence-electron chi connectivity index (χ3n) is 14.7. The first kappa shape index (κ1) is 33.9. The van der Waals surface area contributed by atoms with Crippen molar-refractivity contribution in [2.45, 2.75) is 37.5 Å². The van der Waals surface area contributed by atoms with E-state index in [-0.39, 0.29) is 10.8 Å². The Hall–Kier alpha value is -7.02. The van der Waals surface area contributed by atoms with E-state index < -0.39 is 0 Å². The Labute approximate surface area is 351 Å². The molecular weight excluding hydrogens is 721 g/mol. The number of hydrogen-bond donors (Lipinski definition) is 0. The van der Waals surface area contributed by atoms with Crippen LogP contribution in [-0.2, 0) is 23.7 Å². The van der Waals surface area contributed by atoms with Crippen LogP contribution in [0.4, 0.5) is 0 Å². The summed E-state index contributed by atoms with van der Waals surface area (Å²) in [5, 5.41) is 7.68. The van der Waals surface area contributed by atoms with Gasteiger partial charge in [-0.1, -0.05) is 196 Å². The van der Waals surface area contributed by atoms with Crippen molar-refractivity contribution in [1.29, 1.82) is 0 Å². The van der Waals surface area contributed by atoms with Gasteiger partial charge in [0.25, 0.3) is 0 Å². The van der Waals surface area contributed by atoms with E-state index in [1.54, 1.807) is 0 Å². The lowest BCUT2D eigenvalue weighted by Gasteiger charge is -2.27. The number of hydrogen-bond acceptors (Lipinski definition) is 0. The van der Waals surface area contributed by atoms with Gasteiger partial charge in [0.15, 0.2) is 0 Å². The van der Waals surface area contributed by atoms with Crippen LogP contribution in [0.1, 0.15) is 47.2 Å². The van der Waals surface area contributed by atoms with Gasteiger partial charge in [-0.3, -0.25) is 0 Å². The second kappa shape index (κ2) is 12.3. The van der Waals surface area contributed by atoms with Crippen molar-refractivity contribution in [3.05, 3.63) is 228 Å². The monoisotopic (exact) mass is 762 g/mol. The van der Waals surface area contributed by atoms with Gasteiger partial charge < -0.3 is 0 Å². The van der Waals surface area contributed by atoms with E-state index >= 15 is 0 Å². The summed E-state index contributed by atoms with van der Waals surface area (Å²) in [6, 6.07) is 73.9. The second-order valence-corrected chi connectivity index (χ2v) is 18.0. The van der Waals surface area contributed by atoms with Crippen LogP contribution in [0.25, 0.3) is 88.0 Å². The predicted molar refractivity (Wildman–Crippen MR) is 253 cm³/mol. The summed E-state index contributed by atoms with van der Waals surface area (Å²) in [5.74, 6) is 0. The summed E-state index contributed by atoms with van der Waals surface area (Å²) in [4.78, 5) is 0. The lowest BCUT2D eigenvalue weighted by atomic mass is 9.75. The molecule has 10 aromatic carbocycles. The minimum atomic E-state index is -0.0969. The van der Waals surface area contributed by atoms with E-state index in [0.717, 1.165) is 12.8 Å². The standard InChI is InChI=1S/C60H42/c1-59(2)52-26-11-10-23-48(52)58-49(25-14-28-55(58)59)57-46-22-8-7-21-45(46)56(47-31-29-38(33-51(47)57)43-24-13-18-37-15-5-6-19-42(37)43)39-30-32-54-50(34-39)44-20-9-12-27-53(44)60(54)35-40-16-3-4-17-41(40)36-60/h3-34H,35-36H2,1-2H3. The second-order valence-electron chi connectivity index (χ2n) is 18.0.